The molecule has 2 atom stereocenters. The van der Waals surface area contributed by atoms with E-state index < -0.39 is 6.29 Å². The number of hydroxylamine groups is 1. The van der Waals surface area contributed by atoms with Crippen LogP contribution in [-0.4, -0.2) is 113 Å². The summed E-state index contributed by atoms with van der Waals surface area (Å²) in [7, 11) is 1.97. The number of nitrogens with zero attached hydrogens (tertiary/aromatic N) is 8. The van der Waals surface area contributed by atoms with Gasteiger partial charge in [-0.1, -0.05) is 63.5 Å². The van der Waals surface area contributed by atoms with Gasteiger partial charge in [-0.3, -0.25) is 0 Å². The second-order valence-corrected chi connectivity index (χ2v) is 18.7. The maximum Gasteiger partial charge on any atom is 0.177 e. The highest BCUT2D eigenvalue weighted by Crippen LogP contribution is 2.39. The van der Waals surface area contributed by atoms with E-state index in [9.17, 15) is 5.21 Å². The molecule has 0 amide bonds. The van der Waals surface area contributed by atoms with Gasteiger partial charge in [-0.25, -0.2) is 9.36 Å². The number of benzene rings is 1. The minimum atomic E-state index is -0.436. The van der Waals surface area contributed by atoms with Crippen molar-refractivity contribution in [3.8, 4) is 11.8 Å². The second kappa shape index (κ2) is 17.3. The highest BCUT2D eigenvalue weighted by atomic mass is 16.7. The van der Waals surface area contributed by atoms with Gasteiger partial charge in [-0.05, 0) is 49.6 Å². The summed E-state index contributed by atoms with van der Waals surface area (Å²) in [5, 5.41) is 29.5. The molecule has 2 aromatic heterocycles. The molecule has 8 rings (SSSR count). The Morgan fingerprint density at radius 1 is 0.933 bits per heavy atom. The second-order valence-electron chi connectivity index (χ2n) is 18.7. The number of allylic oxidation sites excluding steroid dienone is 2. The van der Waals surface area contributed by atoms with Gasteiger partial charge < -0.3 is 48.9 Å². The van der Waals surface area contributed by atoms with Gasteiger partial charge in [0.2, 0.25) is 0 Å². The number of ether oxygens (including phenoxy) is 6. The lowest BCUT2D eigenvalue weighted by atomic mass is 9.82. The van der Waals surface area contributed by atoms with Gasteiger partial charge in [0.15, 0.2) is 18.4 Å². The molecule has 1 N–H and O–H groups in total. The van der Waals surface area contributed by atoms with Gasteiger partial charge >= 0.3 is 0 Å². The predicted molar refractivity (Wildman–Crippen MR) is 224 cm³/mol. The molecule has 322 valence electrons. The molecule has 5 aliphatic rings. The molecule has 5 heterocycles. The first-order valence-corrected chi connectivity index (χ1v) is 20.9. The zero-order valence-electron chi connectivity index (χ0n) is 35.6. The molecular formula is C44H58N9O7-. The van der Waals surface area contributed by atoms with Crippen molar-refractivity contribution in [2.75, 3.05) is 58.1 Å². The molecule has 0 bridgehead atoms. The van der Waals surface area contributed by atoms with Crippen molar-refractivity contribution in [1.29, 1.82) is 0 Å². The third kappa shape index (κ3) is 10.6. The average molecular weight is 825 g/mol. The first-order valence-electron chi connectivity index (χ1n) is 20.9. The number of hydrogen-bond acceptors (Lipinski definition) is 14. The summed E-state index contributed by atoms with van der Waals surface area (Å²) in [6.07, 6.45) is 9.47. The molecule has 1 aromatic carbocycles. The summed E-state index contributed by atoms with van der Waals surface area (Å²) in [5.41, 5.74) is 5.43. The molecule has 2 saturated carbocycles. The van der Waals surface area contributed by atoms with Crippen LogP contribution in [0.15, 0.2) is 66.8 Å². The average Bonchev–Trinajstić information content (AvgIpc) is 4.09. The Labute approximate surface area is 352 Å². The third-order valence-electron chi connectivity index (χ3n) is 11.2. The fourth-order valence-electron chi connectivity index (χ4n) is 7.22. The molecule has 2 aliphatic carbocycles. The lowest BCUT2D eigenvalue weighted by Crippen LogP contribution is -2.56. The van der Waals surface area contributed by atoms with Crippen LogP contribution in [0.1, 0.15) is 65.1 Å². The van der Waals surface area contributed by atoms with Crippen molar-refractivity contribution in [1.82, 2.24) is 40.4 Å². The molecule has 5 fully saturated rings. The van der Waals surface area contributed by atoms with E-state index in [-0.39, 0.29) is 46.4 Å². The van der Waals surface area contributed by atoms with Gasteiger partial charge in [0.1, 0.15) is 11.5 Å². The van der Waals surface area contributed by atoms with Crippen LogP contribution >= 0.6 is 0 Å². The highest BCUT2D eigenvalue weighted by Gasteiger charge is 2.44. The highest BCUT2D eigenvalue weighted by molar-refractivity contribution is 5.65. The molecular weight excluding hydrogens is 767 g/mol. The van der Waals surface area contributed by atoms with Crippen LogP contribution in [0.25, 0.3) is 5.70 Å². The number of hydrogen-bond donors (Lipinski definition) is 1. The Bertz CT molecular complexity index is 2090. The van der Waals surface area contributed by atoms with E-state index in [0.717, 1.165) is 55.1 Å². The molecule has 16 heteroatoms. The minimum Gasteiger partial charge on any atom is -0.761 e. The topological polar surface area (TPSA) is 158 Å². The van der Waals surface area contributed by atoms with Crippen LogP contribution in [0, 0.1) is 39.2 Å². The minimum absolute atomic E-state index is 0.0237. The predicted octanol–water partition coefficient (Wildman–Crippen LogP) is 5.22. The Morgan fingerprint density at radius 2 is 1.55 bits per heavy atom. The lowest BCUT2D eigenvalue weighted by Gasteiger charge is -2.49. The van der Waals surface area contributed by atoms with Crippen LogP contribution in [0.3, 0.4) is 0 Å². The number of anilines is 2. The van der Waals surface area contributed by atoms with Gasteiger partial charge in [-0.15, -0.1) is 10.2 Å². The number of rotatable bonds is 16. The Kier molecular flexibility index (Phi) is 12.1. The maximum absolute atomic E-state index is 12.4. The summed E-state index contributed by atoms with van der Waals surface area (Å²) in [6, 6.07) is 8.14. The molecule has 0 spiro atoms. The van der Waals surface area contributed by atoms with Crippen LogP contribution in [0.5, 0.6) is 0 Å². The normalized spacial score (nSPS) is 24.1. The van der Waals surface area contributed by atoms with E-state index in [2.05, 4.69) is 84.0 Å². The van der Waals surface area contributed by atoms with Crippen LogP contribution in [0.2, 0.25) is 0 Å². The smallest absolute Gasteiger partial charge is 0.177 e. The number of likely N-dealkylation sites (tertiary alicyclic amines) is 1. The van der Waals surface area contributed by atoms with Crippen molar-refractivity contribution >= 4 is 17.2 Å². The molecule has 2 unspecified atom stereocenters. The fourth-order valence-corrected chi connectivity index (χ4v) is 7.22. The van der Waals surface area contributed by atoms with Crippen molar-refractivity contribution in [2.24, 2.45) is 22.2 Å². The number of aromatic nitrogens is 6. The molecule has 3 aromatic rings. The summed E-state index contributed by atoms with van der Waals surface area (Å²) in [6.45, 7) is 20.3. The van der Waals surface area contributed by atoms with E-state index in [4.69, 9.17) is 28.4 Å². The molecule has 3 aliphatic heterocycles. The van der Waals surface area contributed by atoms with Crippen molar-refractivity contribution in [3.63, 3.8) is 0 Å². The summed E-state index contributed by atoms with van der Waals surface area (Å²) < 4.78 is 39.4. The molecule has 60 heavy (non-hydrogen) atoms. The standard InChI is InChI=1S/C44H58N9O7/c1-8-32(18-37(60-34-15-16-34)41(47-54)35-19-52(48-45-35)21-39-56-25-42(2,3)26-57-39)51-23-44(6,24-51)29-55-36-17-31(36)12-9-30-10-13-33(14-11-30)50(7)38-20-53(49-46-38)22-40-58-27-43(4,5)28-59-40/h8,10-11,13-14,18-20,31,34,36,39-40,47H,1,15-17,21-29H2,2-7H3/q-1/b32-18+,41-37+. The SMILES string of the molecule is C=C/C(=C\C(OC1CC1)=C(/N[O-])c1cn(CC2OCC(C)(C)CO2)nn1)N1CC(C)(COC2CC2C#Cc2ccc(N(C)c3cn(CC4OCC(C)(C)CO4)nn3)cc2)C1. The van der Waals surface area contributed by atoms with Gasteiger partial charge in [0.25, 0.3) is 0 Å². The van der Waals surface area contributed by atoms with Crippen molar-refractivity contribution in [2.45, 2.75) is 91.8 Å². The Hall–Kier alpha value is -4.76. The largest absolute Gasteiger partial charge is 0.761 e. The quantitative estimate of drug-likeness (QED) is 0.0868. The lowest BCUT2D eigenvalue weighted by molar-refractivity contribution is -0.227. The van der Waals surface area contributed by atoms with Crippen molar-refractivity contribution in [3.05, 3.63) is 83.3 Å². The summed E-state index contributed by atoms with van der Waals surface area (Å²) in [4.78, 5) is 4.21. The van der Waals surface area contributed by atoms with E-state index >= 15 is 0 Å². The zero-order valence-corrected chi connectivity index (χ0v) is 35.6. The summed E-state index contributed by atoms with van der Waals surface area (Å²) in [5.74, 6) is 8.11. The van der Waals surface area contributed by atoms with Gasteiger partial charge in [0, 0.05) is 65.3 Å². The van der Waals surface area contributed by atoms with Gasteiger partial charge in [-0.2, -0.15) is 0 Å². The van der Waals surface area contributed by atoms with E-state index in [1.807, 2.05) is 48.5 Å². The maximum atomic E-state index is 12.4. The first kappa shape index (κ1) is 42.0. The van der Waals surface area contributed by atoms with Crippen LogP contribution < -0.4 is 10.4 Å². The number of nitrogens with one attached hydrogen (secondary N) is 1. The fraction of sp³-hybridized carbons (Fsp3) is 0.591. The van der Waals surface area contributed by atoms with Gasteiger partial charge in [0.05, 0.1) is 76.4 Å². The molecule has 3 saturated heterocycles. The van der Waals surface area contributed by atoms with Crippen LogP contribution in [-0.2, 0) is 41.5 Å². The Balaban J connectivity index is 0.808. The van der Waals surface area contributed by atoms with Crippen LogP contribution in [0.4, 0.5) is 11.5 Å². The zero-order chi connectivity index (χ0) is 42.1. The van der Waals surface area contributed by atoms with Crippen molar-refractivity contribution < 1.29 is 28.4 Å². The summed E-state index contributed by atoms with van der Waals surface area (Å²) >= 11 is 0. The monoisotopic (exact) mass is 824 g/mol. The third-order valence-corrected chi connectivity index (χ3v) is 11.2. The van der Waals surface area contributed by atoms with E-state index in [1.165, 1.54) is 0 Å². The van der Waals surface area contributed by atoms with E-state index in [0.29, 0.717) is 57.6 Å². The van der Waals surface area contributed by atoms with E-state index in [1.54, 1.807) is 21.6 Å². The first-order chi connectivity index (χ1) is 28.8. The molecule has 0 radical (unpaired) electrons. The Morgan fingerprint density at radius 3 is 2.15 bits per heavy atom. The molecule has 16 nitrogen and oxygen atoms in total.